The van der Waals surface area contributed by atoms with Crippen LogP contribution in [-0.4, -0.2) is 8.07 Å². The number of nitrogens with zero attached hydrogens (tertiary/aromatic N) is 3. The second-order valence-electron chi connectivity index (χ2n) is 19.1. The zero-order valence-electron chi connectivity index (χ0n) is 37.7. The van der Waals surface area contributed by atoms with Gasteiger partial charge in [-0.2, -0.15) is 0 Å². The Kier molecular flexibility index (Phi) is 7.94. The number of hydrogen-bond donors (Lipinski definition) is 0. The Balaban J connectivity index is 1.28. The van der Waals surface area contributed by atoms with Gasteiger partial charge in [-0.15, -0.1) is 0 Å². The molecule has 3 nitrogen and oxygen atoms in total. The first-order valence-electron chi connectivity index (χ1n) is 23.0. The van der Waals surface area contributed by atoms with Crippen LogP contribution < -0.4 is 30.3 Å². The Morgan fingerprint density at radius 3 is 1.20 bits per heavy atom. The van der Waals surface area contributed by atoms with Gasteiger partial charge in [0.25, 0.3) is 0 Å². The van der Waals surface area contributed by atoms with Crippen molar-refractivity contribution in [2.75, 3.05) is 14.7 Å². The SMILES string of the molecule is Cc1ccc(N2c3cc(C)cc4c3[Si]3(C)c5c2cc(C)cc5N(c2ccc(C)cc2)c2c5c(cc(c23)N4c2ccc(C)cc2)C(c2ccccc2)(c2ccccc2)c2ccccc2-5)cc1. The molecular weight excluding hydrogens is 803 g/mol. The molecule has 0 N–H and O–H groups in total. The van der Waals surface area contributed by atoms with Crippen LogP contribution in [0.4, 0.5) is 51.2 Å². The van der Waals surface area contributed by atoms with E-state index in [4.69, 9.17) is 0 Å². The van der Waals surface area contributed by atoms with E-state index in [0.29, 0.717) is 0 Å². The van der Waals surface area contributed by atoms with Crippen molar-refractivity contribution in [3.8, 4) is 11.1 Å². The first-order chi connectivity index (χ1) is 31.7. The van der Waals surface area contributed by atoms with Crippen LogP contribution >= 0.6 is 0 Å². The van der Waals surface area contributed by atoms with E-state index in [1.54, 1.807) is 0 Å². The molecule has 0 bridgehead atoms. The van der Waals surface area contributed by atoms with Crippen LogP contribution in [0.1, 0.15) is 50.1 Å². The molecule has 0 spiro atoms. The summed E-state index contributed by atoms with van der Waals surface area (Å²) < 4.78 is 0. The molecule has 0 fully saturated rings. The Bertz CT molecular complexity index is 3370. The molecule has 3 aliphatic heterocycles. The molecule has 0 saturated heterocycles. The van der Waals surface area contributed by atoms with E-state index in [1.165, 1.54) is 128 Å². The van der Waals surface area contributed by atoms with Gasteiger partial charge in [0.05, 0.1) is 11.1 Å². The molecule has 312 valence electrons. The average Bonchev–Trinajstić information content (AvgIpc) is 3.61. The van der Waals surface area contributed by atoms with E-state index in [9.17, 15) is 0 Å². The maximum Gasteiger partial charge on any atom is 0.161 e. The van der Waals surface area contributed by atoms with Gasteiger partial charge in [0, 0.05) is 51.1 Å². The predicted octanol–water partition coefficient (Wildman–Crippen LogP) is 14.0. The van der Waals surface area contributed by atoms with Crippen LogP contribution in [0.2, 0.25) is 6.55 Å². The van der Waals surface area contributed by atoms with Crippen molar-refractivity contribution in [3.05, 3.63) is 238 Å². The number of hydrogen-bond acceptors (Lipinski definition) is 3. The molecule has 0 radical (unpaired) electrons. The van der Waals surface area contributed by atoms with Crippen LogP contribution in [0.3, 0.4) is 0 Å². The van der Waals surface area contributed by atoms with Crippen molar-refractivity contribution >= 4 is 74.8 Å². The molecule has 9 aromatic rings. The number of fused-ring (bicyclic) bond motifs is 4. The molecule has 65 heavy (non-hydrogen) atoms. The van der Waals surface area contributed by atoms with Crippen LogP contribution in [0.25, 0.3) is 11.1 Å². The van der Waals surface area contributed by atoms with Crippen LogP contribution in [0, 0.1) is 34.6 Å². The predicted molar refractivity (Wildman–Crippen MR) is 276 cm³/mol. The zero-order valence-corrected chi connectivity index (χ0v) is 38.7. The fraction of sp³-hybridized carbons (Fsp3) is 0.115. The lowest BCUT2D eigenvalue weighted by Gasteiger charge is -2.55. The standard InChI is InChI=1S/C61H49N3Si/c1-38-21-27-45(28-22-38)62-51-33-41(4)34-52-58(51)65(6)59-53(62)35-42(5)36-54(59)64(47-31-25-40(3)26-32-47)57-56-48-19-13-14-20-49(48)61(43-15-9-7-10-16-43,44-17-11-8-12-18-44)50(56)37-55(60(57)65)63(52)46-29-23-39(2)24-30-46/h7-37H,1-6H3. The molecular formula is C61H49N3Si. The molecule has 9 aromatic carbocycles. The summed E-state index contributed by atoms with van der Waals surface area (Å²) in [7, 11) is -2.90. The smallest absolute Gasteiger partial charge is 0.161 e. The van der Waals surface area contributed by atoms with Crippen molar-refractivity contribution in [2.45, 2.75) is 46.6 Å². The maximum absolute atomic E-state index is 2.90. The lowest BCUT2D eigenvalue weighted by Crippen LogP contribution is -2.74. The fourth-order valence-electron chi connectivity index (χ4n) is 12.3. The zero-order chi connectivity index (χ0) is 43.9. The van der Waals surface area contributed by atoms with Gasteiger partial charge in [0.2, 0.25) is 0 Å². The van der Waals surface area contributed by atoms with Crippen molar-refractivity contribution < 1.29 is 0 Å². The van der Waals surface area contributed by atoms with Crippen molar-refractivity contribution in [1.29, 1.82) is 0 Å². The third-order valence-electron chi connectivity index (χ3n) is 15.0. The highest BCUT2D eigenvalue weighted by Gasteiger charge is 2.59. The summed E-state index contributed by atoms with van der Waals surface area (Å²) in [5.74, 6) is 0. The second kappa shape index (κ2) is 13.6. The van der Waals surface area contributed by atoms with Gasteiger partial charge in [-0.05, 0) is 156 Å². The van der Waals surface area contributed by atoms with E-state index >= 15 is 0 Å². The number of anilines is 9. The third-order valence-corrected chi connectivity index (χ3v) is 19.5. The Hall–Kier alpha value is -7.40. The maximum atomic E-state index is 2.69. The lowest BCUT2D eigenvalue weighted by molar-refractivity contribution is 0.768. The molecule has 1 aliphatic carbocycles. The van der Waals surface area contributed by atoms with Crippen LogP contribution in [0.15, 0.2) is 188 Å². The van der Waals surface area contributed by atoms with Crippen molar-refractivity contribution in [3.63, 3.8) is 0 Å². The van der Waals surface area contributed by atoms with Crippen LogP contribution in [0.5, 0.6) is 0 Å². The highest BCUT2D eigenvalue weighted by molar-refractivity contribution is 7.16. The highest BCUT2D eigenvalue weighted by atomic mass is 28.3. The van der Waals surface area contributed by atoms with Gasteiger partial charge in [0.1, 0.15) is 0 Å². The summed E-state index contributed by atoms with van der Waals surface area (Å²) >= 11 is 0. The highest BCUT2D eigenvalue weighted by Crippen LogP contribution is 2.63. The fourth-order valence-corrected chi connectivity index (χ4v) is 17.3. The van der Waals surface area contributed by atoms with Gasteiger partial charge in [-0.1, -0.05) is 145 Å². The molecule has 13 rings (SSSR count). The van der Waals surface area contributed by atoms with Crippen molar-refractivity contribution in [1.82, 2.24) is 0 Å². The molecule has 3 heterocycles. The van der Waals surface area contributed by atoms with E-state index in [2.05, 4.69) is 244 Å². The Morgan fingerprint density at radius 1 is 0.354 bits per heavy atom. The number of benzene rings is 9. The Morgan fingerprint density at radius 2 is 0.738 bits per heavy atom. The third kappa shape index (κ3) is 5.00. The Labute approximate surface area is 383 Å². The van der Waals surface area contributed by atoms with E-state index in [1.807, 2.05) is 0 Å². The van der Waals surface area contributed by atoms with Gasteiger partial charge in [-0.3, -0.25) is 0 Å². The average molecular weight is 852 g/mol. The molecule has 4 heteroatoms. The van der Waals surface area contributed by atoms with E-state index < -0.39 is 13.5 Å². The molecule has 0 amide bonds. The molecule has 1 atom stereocenters. The van der Waals surface area contributed by atoms with E-state index in [0.717, 1.165) is 0 Å². The van der Waals surface area contributed by atoms with Gasteiger partial charge in [0.15, 0.2) is 8.07 Å². The minimum absolute atomic E-state index is 0.592. The van der Waals surface area contributed by atoms with Crippen LogP contribution in [-0.2, 0) is 5.41 Å². The number of aryl methyl sites for hydroxylation is 5. The normalized spacial score (nSPS) is 16.6. The first kappa shape index (κ1) is 38.1. The largest absolute Gasteiger partial charge is 0.311 e. The van der Waals surface area contributed by atoms with E-state index in [-0.39, 0.29) is 0 Å². The second-order valence-corrected chi connectivity index (χ2v) is 22.8. The topological polar surface area (TPSA) is 9.72 Å². The minimum atomic E-state index is -2.90. The molecule has 0 aromatic heterocycles. The quantitative estimate of drug-likeness (QED) is 0.160. The first-order valence-corrected chi connectivity index (χ1v) is 25.5. The summed E-state index contributed by atoms with van der Waals surface area (Å²) in [5, 5.41) is 4.42. The van der Waals surface area contributed by atoms with Gasteiger partial charge >= 0.3 is 0 Å². The van der Waals surface area contributed by atoms with Gasteiger partial charge in [-0.25, -0.2) is 0 Å². The minimum Gasteiger partial charge on any atom is -0.311 e. The number of rotatable bonds is 5. The summed E-state index contributed by atoms with van der Waals surface area (Å²) in [4.78, 5) is 7.93. The summed E-state index contributed by atoms with van der Waals surface area (Å²) in [5.41, 5.74) is 24.8. The molecule has 0 saturated carbocycles. The molecule has 4 aliphatic rings. The summed E-state index contributed by atoms with van der Waals surface area (Å²) in [6, 6.07) is 72.2. The van der Waals surface area contributed by atoms with Crippen molar-refractivity contribution in [2.24, 2.45) is 0 Å². The monoisotopic (exact) mass is 851 g/mol. The summed E-state index contributed by atoms with van der Waals surface area (Å²) in [6.07, 6.45) is 0. The lowest BCUT2D eigenvalue weighted by atomic mass is 9.67. The summed E-state index contributed by atoms with van der Waals surface area (Å²) in [6.45, 7) is 13.8. The molecule has 1 unspecified atom stereocenters. The van der Waals surface area contributed by atoms with Gasteiger partial charge < -0.3 is 14.7 Å².